The van der Waals surface area contributed by atoms with Gasteiger partial charge in [0.15, 0.2) is 5.75 Å². The summed E-state index contributed by atoms with van der Waals surface area (Å²) in [6.07, 6.45) is 0.148. The standard InChI is InChI=1S/C13H12Cl3NO3/c1-2-17-6-7(3-11(17)18)13(19)20-12-9(15)4-8(14)5-10(12)16/h4-5,7H,2-3,6H2,1H3. The fourth-order valence-corrected chi connectivity index (χ4v) is 2.94. The first kappa shape index (κ1) is 15.4. The number of amides is 1. The van der Waals surface area contributed by atoms with E-state index in [1.165, 1.54) is 12.1 Å². The number of hydrogen-bond donors (Lipinski definition) is 0. The van der Waals surface area contributed by atoms with Gasteiger partial charge in [-0.05, 0) is 19.1 Å². The molecule has 1 amide bonds. The number of halogens is 3. The van der Waals surface area contributed by atoms with Crippen LogP contribution in [0.25, 0.3) is 0 Å². The number of ether oxygens (including phenoxy) is 1. The first-order valence-corrected chi connectivity index (χ1v) is 7.19. The third kappa shape index (κ3) is 3.19. The zero-order valence-electron chi connectivity index (χ0n) is 10.7. The van der Waals surface area contributed by atoms with Gasteiger partial charge in [0.2, 0.25) is 5.91 Å². The van der Waals surface area contributed by atoms with Gasteiger partial charge < -0.3 is 9.64 Å². The number of hydrogen-bond acceptors (Lipinski definition) is 3. The largest absolute Gasteiger partial charge is 0.423 e. The Morgan fingerprint density at radius 2 is 1.95 bits per heavy atom. The van der Waals surface area contributed by atoms with Crippen LogP contribution >= 0.6 is 34.8 Å². The minimum atomic E-state index is -0.513. The van der Waals surface area contributed by atoms with Crippen molar-refractivity contribution in [3.8, 4) is 5.75 Å². The minimum Gasteiger partial charge on any atom is -0.423 e. The monoisotopic (exact) mass is 335 g/mol. The molecule has 0 spiro atoms. The van der Waals surface area contributed by atoms with E-state index in [2.05, 4.69) is 0 Å². The second kappa shape index (κ2) is 6.20. The van der Waals surface area contributed by atoms with Crippen molar-refractivity contribution in [1.29, 1.82) is 0 Å². The summed E-state index contributed by atoms with van der Waals surface area (Å²) in [5.74, 6) is -0.987. The first-order valence-electron chi connectivity index (χ1n) is 6.06. The molecule has 2 rings (SSSR count). The average molecular weight is 337 g/mol. The van der Waals surface area contributed by atoms with E-state index in [-0.39, 0.29) is 28.1 Å². The van der Waals surface area contributed by atoms with Crippen molar-refractivity contribution in [2.75, 3.05) is 13.1 Å². The number of benzene rings is 1. The number of carbonyl (C=O) groups is 2. The molecule has 108 valence electrons. The summed E-state index contributed by atoms with van der Waals surface area (Å²) in [6.45, 7) is 2.79. The molecule has 0 bridgehead atoms. The van der Waals surface area contributed by atoms with Gasteiger partial charge in [-0.3, -0.25) is 9.59 Å². The van der Waals surface area contributed by atoms with E-state index in [4.69, 9.17) is 39.5 Å². The van der Waals surface area contributed by atoms with E-state index in [0.29, 0.717) is 18.1 Å². The topological polar surface area (TPSA) is 46.6 Å². The first-order chi connectivity index (χ1) is 9.42. The van der Waals surface area contributed by atoms with Gasteiger partial charge in [0, 0.05) is 24.5 Å². The Morgan fingerprint density at radius 3 is 2.45 bits per heavy atom. The van der Waals surface area contributed by atoms with Crippen LogP contribution in [0.15, 0.2) is 12.1 Å². The number of likely N-dealkylation sites (tertiary alicyclic amines) is 1. The van der Waals surface area contributed by atoms with Crippen molar-refractivity contribution < 1.29 is 14.3 Å². The third-order valence-corrected chi connectivity index (χ3v) is 3.87. The summed E-state index contributed by atoms with van der Waals surface area (Å²) < 4.78 is 5.22. The van der Waals surface area contributed by atoms with Gasteiger partial charge in [0.25, 0.3) is 0 Å². The summed E-state index contributed by atoms with van der Waals surface area (Å²) >= 11 is 17.7. The molecule has 1 aromatic carbocycles. The zero-order chi connectivity index (χ0) is 14.9. The molecule has 1 aliphatic heterocycles. The van der Waals surface area contributed by atoms with Gasteiger partial charge in [-0.15, -0.1) is 0 Å². The van der Waals surface area contributed by atoms with Crippen molar-refractivity contribution in [3.63, 3.8) is 0 Å². The molecule has 7 heteroatoms. The van der Waals surface area contributed by atoms with Gasteiger partial charge >= 0.3 is 5.97 Å². The molecule has 0 aromatic heterocycles. The smallest absolute Gasteiger partial charge is 0.316 e. The fraction of sp³-hybridized carbons (Fsp3) is 0.385. The van der Waals surface area contributed by atoms with E-state index in [1.54, 1.807) is 4.90 Å². The highest BCUT2D eigenvalue weighted by molar-refractivity contribution is 6.40. The van der Waals surface area contributed by atoms with Gasteiger partial charge in [0.05, 0.1) is 16.0 Å². The van der Waals surface area contributed by atoms with Crippen LogP contribution in [0.1, 0.15) is 13.3 Å². The summed E-state index contributed by atoms with van der Waals surface area (Å²) in [4.78, 5) is 25.3. The lowest BCUT2D eigenvalue weighted by atomic mass is 10.1. The van der Waals surface area contributed by atoms with E-state index in [9.17, 15) is 9.59 Å². The fourth-order valence-electron chi connectivity index (χ4n) is 2.05. The molecule has 0 radical (unpaired) electrons. The maximum atomic E-state index is 12.1. The van der Waals surface area contributed by atoms with E-state index in [0.717, 1.165) is 0 Å². The van der Waals surface area contributed by atoms with Crippen molar-refractivity contribution in [1.82, 2.24) is 4.90 Å². The number of nitrogens with zero attached hydrogens (tertiary/aromatic N) is 1. The second-order valence-electron chi connectivity index (χ2n) is 4.45. The average Bonchev–Trinajstić information content (AvgIpc) is 2.75. The SMILES string of the molecule is CCN1CC(C(=O)Oc2c(Cl)cc(Cl)cc2Cl)CC1=O. The Hall–Kier alpha value is -0.970. The lowest BCUT2D eigenvalue weighted by Gasteiger charge is -2.14. The van der Waals surface area contributed by atoms with E-state index in [1.807, 2.05) is 6.92 Å². The van der Waals surface area contributed by atoms with Gasteiger partial charge in [-0.2, -0.15) is 0 Å². The lowest BCUT2D eigenvalue weighted by Crippen LogP contribution is -2.27. The molecule has 0 N–H and O–H groups in total. The maximum Gasteiger partial charge on any atom is 0.316 e. The van der Waals surface area contributed by atoms with E-state index < -0.39 is 11.9 Å². The molecular formula is C13H12Cl3NO3. The van der Waals surface area contributed by atoms with Crippen molar-refractivity contribution in [3.05, 3.63) is 27.2 Å². The van der Waals surface area contributed by atoms with Crippen molar-refractivity contribution in [2.45, 2.75) is 13.3 Å². The van der Waals surface area contributed by atoms with Crippen molar-refractivity contribution >= 4 is 46.7 Å². The molecular weight excluding hydrogens is 325 g/mol. The molecule has 4 nitrogen and oxygen atoms in total. The zero-order valence-corrected chi connectivity index (χ0v) is 12.9. The maximum absolute atomic E-state index is 12.1. The Balaban J connectivity index is 2.12. The van der Waals surface area contributed by atoms with Crippen molar-refractivity contribution in [2.24, 2.45) is 5.92 Å². The lowest BCUT2D eigenvalue weighted by molar-refractivity contribution is -0.139. The highest BCUT2D eigenvalue weighted by Gasteiger charge is 2.35. The predicted molar refractivity (Wildman–Crippen MR) is 77.5 cm³/mol. The van der Waals surface area contributed by atoms with Crippen LogP contribution in [0.5, 0.6) is 5.75 Å². The molecule has 1 unspecified atom stereocenters. The minimum absolute atomic E-state index is 0.0530. The normalized spacial score (nSPS) is 18.5. The quantitative estimate of drug-likeness (QED) is 0.627. The molecule has 1 saturated heterocycles. The summed E-state index contributed by atoms with van der Waals surface area (Å²) in [5.41, 5.74) is 0. The molecule has 1 aliphatic rings. The van der Waals surface area contributed by atoms with Crippen LogP contribution in [0.3, 0.4) is 0 Å². The van der Waals surface area contributed by atoms with E-state index >= 15 is 0 Å². The van der Waals surface area contributed by atoms with Crippen LogP contribution in [-0.4, -0.2) is 29.9 Å². The Labute approximate surface area is 131 Å². The molecule has 1 heterocycles. The summed E-state index contributed by atoms with van der Waals surface area (Å²) in [6, 6.07) is 2.88. The van der Waals surface area contributed by atoms with Crippen LogP contribution in [0.4, 0.5) is 0 Å². The highest BCUT2D eigenvalue weighted by atomic mass is 35.5. The Bertz CT molecular complexity index is 539. The number of carbonyl (C=O) groups excluding carboxylic acids is 2. The predicted octanol–water partition coefficient (Wildman–Crippen LogP) is 3.42. The van der Waals surface area contributed by atoms with Crippen LogP contribution in [-0.2, 0) is 9.59 Å². The van der Waals surface area contributed by atoms with Gasteiger partial charge in [-0.25, -0.2) is 0 Å². The van der Waals surface area contributed by atoms with Crippen LogP contribution < -0.4 is 4.74 Å². The summed E-state index contributed by atoms with van der Waals surface area (Å²) in [5, 5.41) is 0.674. The molecule has 0 aliphatic carbocycles. The molecule has 1 atom stereocenters. The van der Waals surface area contributed by atoms with Gasteiger partial charge in [-0.1, -0.05) is 34.8 Å². The molecule has 1 aromatic rings. The number of esters is 1. The molecule has 1 fully saturated rings. The third-order valence-electron chi connectivity index (χ3n) is 3.10. The molecule has 20 heavy (non-hydrogen) atoms. The summed E-state index contributed by atoms with van der Waals surface area (Å²) in [7, 11) is 0. The van der Waals surface area contributed by atoms with Crippen LogP contribution in [0, 0.1) is 5.92 Å². The Kier molecular flexibility index (Phi) is 4.78. The van der Waals surface area contributed by atoms with Gasteiger partial charge in [0.1, 0.15) is 0 Å². The Morgan fingerprint density at radius 1 is 1.35 bits per heavy atom. The number of rotatable bonds is 3. The molecule has 0 saturated carbocycles. The highest BCUT2D eigenvalue weighted by Crippen LogP contribution is 2.36. The second-order valence-corrected chi connectivity index (χ2v) is 5.70. The van der Waals surface area contributed by atoms with Crippen LogP contribution in [0.2, 0.25) is 15.1 Å².